The van der Waals surface area contributed by atoms with E-state index in [1.165, 1.54) is 12.7 Å². The smallest absolute Gasteiger partial charge is 0.315 e. The second kappa shape index (κ2) is 7.15. The minimum absolute atomic E-state index is 0.148. The molecule has 24 heavy (non-hydrogen) atoms. The van der Waals surface area contributed by atoms with E-state index in [1.807, 2.05) is 13.8 Å². The minimum Gasteiger partial charge on any atom is -0.467 e. The third kappa shape index (κ3) is 3.30. The predicted molar refractivity (Wildman–Crippen MR) is 89.5 cm³/mol. The van der Waals surface area contributed by atoms with Gasteiger partial charge in [-0.1, -0.05) is 6.42 Å². The summed E-state index contributed by atoms with van der Waals surface area (Å²) in [6, 6.07) is 3.36. The van der Waals surface area contributed by atoms with Gasteiger partial charge < -0.3 is 24.9 Å². The summed E-state index contributed by atoms with van der Waals surface area (Å²) in [6.45, 7) is 4.63. The molecule has 2 saturated carbocycles. The van der Waals surface area contributed by atoms with Crippen LogP contribution < -0.4 is 10.6 Å². The van der Waals surface area contributed by atoms with Gasteiger partial charge in [-0.25, -0.2) is 4.79 Å². The number of amides is 2. The van der Waals surface area contributed by atoms with E-state index < -0.39 is 6.10 Å². The lowest BCUT2D eigenvalue weighted by molar-refractivity contribution is -0.169. The Hall–Kier alpha value is -1.53. The summed E-state index contributed by atoms with van der Waals surface area (Å²) in [5.41, 5.74) is 0.157. The lowest BCUT2D eigenvalue weighted by Gasteiger charge is -2.60. The first kappa shape index (κ1) is 17.3. The van der Waals surface area contributed by atoms with E-state index in [0.717, 1.165) is 25.9 Å². The molecule has 2 aliphatic rings. The van der Waals surface area contributed by atoms with E-state index >= 15 is 0 Å². The van der Waals surface area contributed by atoms with Crippen LogP contribution >= 0.6 is 0 Å². The van der Waals surface area contributed by atoms with Gasteiger partial charge in [-0.3, -0.25) is 0 Å². The van der Waals surface area contributed by atoms with Crippen LogP contribution in [0, 0.1) is 5.41 Å². The molecule has 1 aromatic heterocycles. The summed E-state index contributed by atoms with van der Waals surface area (Å²) in [5, 5.41) is 16.1. The number of hydrogen-bond donors (Lipinski definition) is 3. The van der Waals surface area contributed by atoms with Crippen molar-refractivity contribution in [2.45, 2.75) is 70.2 Å². The summed E-state index contributed by atoms with van der Waals surface area (Å²) < 4.78 is 11.0. The summed E-state index contributed by atoms with van der Waals surface area (Å²) in [5.74, 6) is 0.524. The molecule has 2 amide bonds. The van der Waals surface area contributed by atoms with Crippen molar-refractivity contribution in [1.82, 2.24) is 10.6 Å². The van der Waals surface area contributed by atoms with E-state index in [0.29, 0.717) is 18.3 Å². The first-order chi connectivity index (χ1) is 11.5. The molecule has 1 spiro atoms. The Morgan fingerprint density at radius 3 is 2.92 bits per heavy atom. The number of furan rings is 1. The number of rotatable bonds is 7. The topological polar surface area (TPSA) is 83.7 Å². The number of aliphatic hydroxyl groups is 1. The Labute approximate surface area is 142 Å². The van der Waals surface area contributed by atoms with E-state index in [9.17, 15) is 9.90 Å². The molecule has 0 aliphatic heterocycles. The maximum absolute atomic E-state index is 12.2. The zero-order chi connectivity index (χ0) is 17.2. The number of urea groups is 1. The van der Waals surface area contributed by atoms with Gasteiger partial charge in [0.25, 0.3) is 0 Å². The van der Waals surface area contributed by atoms with Gasteiger partial charge in [0.05, 0.1) is 12.4 Å². The molecule has 0 radical (unpaired) electrons. The summed E-state index contributed by atoms with van der Waals surface area (Å²) in [6.07, 6.45) is 5.91. The average Bonchev–Trinajstić information content (AvgIpc) is 2.98. The minimum atomic E-state index is -0.709. The molecule has 0 saturated heterocycles. The van der Waals surface area contributed by atoms with Gasteiger partial charge in [-0.15, -0.1) is 0 Å². The van der Waals surface area contributed by atoms with Crippen molar-refractivity contribution in [1.29, 1.82) is 0 Å². The highest BCUT2D eigenvalue weighted by molar-refractivity contribution is 5.74. The quantitative estimate of drug-likeness (QED) is 0.715. The lowest BCUT2D eigenvalue weighted by Crippen LogP contribution is -2.68. The molecule has 134 valence electrons. The third-order valence-corrected chi connectivity index (χ3v) is 5.57. The number of carbonyl (C=O) groups excluding carboxylic acids is 1. The van der Waals surface area contributed by atoms with Gasteiger partial charge in [0.1, 0.15) is 11.9 Å². The second-order valence-electron chi connectivity index (χ2n) is 7.10. The summed E-state index contributed by atoms with van der Waals surface area (Å²) in [4.78, 5) is 12.2. The second-order valence-corrected chi connectivity index (χ2v) is 7.10. The highest BCUT2D eigenvalue weighted by Crippen LogP contribution is 2.57. The monoisotopic (exact) mass is 336 g/mol. The summed E-state index contributed by atoms with van der Waals surface area (Å²) in [7, 11) is 0. The van der Waals surface area contributed by atoms with Crippen LogP contribution in [0.5, 0.6) is 0 Å². The van der Waals surface area contributed by atoms with Gasteiger partial charge in [0.2, 0.25) is 0 Å². The molecular weight excluding hydrogens is 308 g/mol. The fourth-order valence-electron chi connectivity index (χ4n) is 4.06. The first-order valence-corrected chi connectivity index (χ1v) is 8.95. The molecular formula is C18H28N2O4. The van der Waals surface area contributed by atoms with Crippen LogP contribution in [0.15, 0.2) is 22.8 Å². The largest absolute Gasteiger partial charge is 0.467 e. The number of aliphatic hydroxyl groups excluding tert-OH is 1. The molecule has 6 nitrogen and oxygen atoms in total. The maximum atomic E-state index is 12.2. The van der Waals surface area contributed by atoms with Crippen LogP contribution in [-0.2, 0) is 4.74 Å². The molecule has 4 atom stereocenters. The molecule has 2 fully saturated rings. The van der Waals surface area contributed by atoms with Crippen molar-refractivity contribution in [2.75, 3.05) is 6.61 Å². The van der Waals surface area contributed by atoms with Gasteiger partial charge in [-0.05, 0) is 45.2 Å². The molecule has 3 rings (SSSR count). The molecule has 1 heterocycles. The standard InChI is InChI=1S/C18H28N2O4/c1-3-23-16-11-15(18(16)7-5-8-18)20-17(22)19-12(2)10-13(21)14-6-4-9-24-14/h4,6,9,12-13,15-16,21H,3,5,7-8,10-11H2,1-2H3,(H2,19,20,22)/t12-,13-,15+,16-/m1/s1. The van der Waals surface area contributed by atoms with Crippen molar-refractivity contribution in [3.8, 4) is 0 Å². The van der Waals surface area contributed by atoms with Gasteiger partial charge >= 0.3 is 6.03 Å². The highest BCUT2D eigenvalue weighted by atomic mass is 16.5. The normalized spacial score (nSPS) is 27.0. The van der Waals surface area contributed by atoms with Gasteiger partial charge in [0.15, 0.2) is 0 Å². The molecule has 1 aromatic rings. The molecule has 0 bridgehead atoms. The Balaban J connectivity index is 1.44. The average molecular weight is 336 g/mol. The van der Waals surface area contributed by atoms with E-state index in [-0.39, 0.29) is 23.5 Å². The Kier molecular flexibility index (Phi) is 5.15. The zero-order valence-corrected chi connectivity index (χ0v) is 14.5. The molecule has 3 N–H and O–H groups in total. The van der Waals surface area contributed by atoms with Gasteiger partial charge in [0, 0.05) is 30.5 Å². The number of ether oxygens (including phenoxy) is 1. The van der Waals surface area contributed by atoms with Crippen LogP contribution in [0.25, 0.3) is 0 Å². The fourth-order valence-corrected chi connectivity index (χ4v) is 4.06. The van der Waals surface area contributed by atoms with Crippen molar-refractivity contribution in [3.63, 3.8) is 0 Å². The van der Waals surface area contributed by atoms with Crippen LogP contribution in [0.2, 0.25) is 0 Å². The summed E-state index contributed by atoms with van der Waals surface area (Å²) >= 11 is 0. The Morgan fingerprint density at radius 1 is 1.54 bits per heavy atom. The zero-order valence-electron chi connectivity index (χ0n) is 14.5. The highest BCUT2D eigenvalue weighted by Gasteiger charge is 2.59. The van der Waals surface area contributed by atoms with Crippen molar-refractivity contribution in [2.24, 2.45) is 5.41 Å². The van der Waals surface area contributed by atoms with E-state index in [2.05, 4.69) is 10.6 Å². The van der Waals surface area contributed by atoms with E-state index in [1.54, 1.807) is 12.1 Å². The SMILES string of the molecule is CCO[C@@H]1C[C@H](NC(=O)N[C@H](C)C[C@@H](O)c2ccco2)C12CCC2. The van der Waals surface area contributed by atoms with Gasteiger partial charge in [-0.2, -0.15) is 0 Å². The Bertz CT molecular complexity index is 541. The first-order valence-electron chi connectivity index (χ1n) is 8.95. The van der Waals surface area contributed by atoms with Crippen LogP contribution in [-0.4, -0.2) is 35.9 Å². The fraction of sp³-hybridized carbons (Fsp3) is 0.722. The van der Waals surface area contributed by atoms with Crippen LogP contribution in [0.3, 0.4) is 0 Å². The predicted octanol–water partition coefficient (Wildman–Crippen LogP) is 2.74. The number of nitrogens with one attached hydrogen (secondary N) is 2. The van der Waals surface area contributed by atoms with Crippen LogP contribution in [0.1, 0.15) is 57.8 Å². The molecule has 2 aliphatic carbocycles. The molecule has 6 heteroatoms. The van der Waals surface area contributed by atoms with Crippen molar-refractivity contribution >= 4 is 6.03 Å². The molecule has 0 aromatic carbocycles. The Morgan fingerprint density at radius 2 is 2.33 bits per heavy atom. The number of hydrogen-bond acceptors (Lipinski definition) is 4. The van der Waals surface area contributed by atoms with Crippen molar-refractivity contribution < 1.29 is 19.1 Å². The molecule has 0 unspecified atom stereocenters. The van der Waals surface area contributed by atoms with E-state index in [4.69, 9.17) is 9.15 Å². The third-order valence-electron chi connectivity index (χ3n) is 5.57. The van der Waals surface area contributed by atoms with Crippen molar-refractivity contribution in [3.05, 3.63) is 24.2 Å². The number of carbonyl (C=O) groups is 1. The maximum Gasteiger partial charge on any atom is 0.315 e. The lowest BCUT2D eigenvalue weighted by atomic mass is 9.51. The van der Waals surface area contributed by atoms with Crippen LogP contribution in [0.4, 0.5) is 4.79 Å².